The molecule has 9 nitrogen and oxygen atoms in total. The number of carbonyl (C=O) groups excluding carboxylic acids is 2. The number of likely N-dealkylation sites (N-methyl/N-ethyl adjacent to an activating group) is 1. The van der Waals surface area contributed by atoms with Gasteiger partial charge in [0.2, 0.25) is 0 Å². The fraction of sp³-hybridized carbons (Fsp3) is 0.724. The molecule has 10 heteroatoms. The molecule has 0 radical (unpaired) electrons. The highest BCUT2D eigenvalue weighted by Gasteiger charge is 2.27. The van der Waals surface area contributed by atoms with Gasteiger partial charge in [0.25, 0.3) is 0 Å². The summed E-state index contributed by atoms with van der Waals surface area (Å²) < 4.78 is 34.2. The number of quaternary nitrogens is 1. The smallest absolute Gasteiger partial charge is 0.462 e. The van der Waals surface area contributed by atoms with Crippen LogP contribution in [0.2, 0.25) is 0 Å². The summed E-state index contributed by atoms with van der Waals surface area (Å²) in [5, 5.41) is 0. The van der Waals surface area contributed by atoms with E-state index >= 15 is 0 Å². The fourth-order valence-corrected chi connectivity index (χ4v) is 7.97. The molecule has 2 unspecified atom stereocenters. The maximum atomic E-state index is 12.7. The summed E-state index contributed by atoms with van der Waals surface area (Å²) in [6.07, 6.45) is 65.8. The van der Waals surface area contributed by atoms with Gasteiger partial charge < -0.3 is 18.9 Å². The molecule has 0 rings (SSSR count). The fourth-order valence-electron chi connectivity index (χ4n) is 7.23. The Hall–Kier alpha value is -2.81. The average Bonchev–Trinajstić information content (AvgIpc) is 3.30. The number of phosphoric acid groups is 1. The van der Waals surface area contributed by atoms with Crippen LogP contribution in [-0.4, -0.2) is 74.9 Å². The zero-order chi connectivity index (χ0) is 49.9. The molecule has 0 spiro atoms. The third-order valence-electron chi connectivity index (χ3n) is 11.4. The highest BCUT2D eigenvalue weighted by Crippen LogP contribution is 2.43. The summed E-state index contributed by atoms with van der Waals surface area (Å²) in [4.78, 5) is 35.1. The minimum Gasteiger partial charge on any atom is -0.462 e. The van der Waals surface area contributed by atoms with Crippen LogP contribution in [0.15, 0.2) is 85.1 Å². The third kappa shape index (κ3) is 52.6. The summed E-state index contributed by atoms with van der Waals surface area (Å²) in [7, 11) is 1.47. The summed E-state index contributed by atoms with van der Waals surface area (Å²) in [5.41, 5.74) is 0. The predicted octanol–water partition coefficient (Wildman–Crippen LogP) is 16.7. The van der Waals surface area contributed by atoms with E-state index in [1.54, 1.807) is 0 Å². The lowest BCUT2D eigenvalue weighted by molar-refractivity contribution is -0.870. The Balaban J connectivity index is 3.83. The molecule has 0 saturated heterocycles. The molecule has 0 aromatic rings. The van der Waals surface area contributed by atoms with Crippen LogP contribution >= 0.6 is 7.82 Å². The first-order valence-corrected chi connectivity index (χ1v) is 28.8. The number of nitrogens with zero attached hydrogens (tertiary/aromatic N) is 1. The largest absolute Gasteiger partial charge is 0.472 e. The average molecular weight is 973 g/mol. The van der Waals surface area contributed by atoms with Crippen molar-refractivity contribution in [1.29, 1.82) is 0 Å². The van der Waals surface area contributed by atoms with Gasteiger partial charge >= 0.3 is 19.8 Å². The van der Waals surface area contributed by atoms with Gasteiger partial charge in [0.1, 0.15) is 19.8 Å². The number of unbranched alkanes of at least 4 members (excludes halogenated alkanes) is 21. The minimum atomic E-state index is -4.37. The number of allylic oxidation sites excluding steroid dienone is 14. The van der Waals surface area contributed by atoms with Crippen molar-refractivity contribution in [3.63, 3.8) is 0 Å². The zero-order valence-electron chi connectivity index (χ0n) is 44.3. The second-order valence-electron chi connectivity index (χ2n) is 19.2. The van der Waals surface area contributed by atoms with Gasteiger partial charge in [-0.2, -0.15) is 0 Å². The minimum absolute atomic E-state index is 0.0309. The maximum absolute atomic E-state index is 12.7. The van der Waals surface area contributed by atoms with E-state index in [4.69, 9.17) is 18.5 Å². The summed E-state index contributed by atoms with van der Waals surface area (Å²) in [6, 6.07) is 0. The monoisotopic (exact) mass is 973 g/mol. The molecular formula is C58H103NO8P+. The Morgan fingerprint density at radius 1 is 0.471 bits per heavy atom. The van der Waals surface area contributed by atoms with E-state index in [0.717, 1.165) is 89.9 Å². The SMILES string of the molecule is CC/C=C\C/C=C\C/C=C\C/C=C\C/C=C\C/C=C\C/C=C\CCCCCCCCCCCCCCCCCCCC(=O)OC(COC(=O)CCCCCCC)COP(=O)(O)OCC[N+](C)(C)C. The molecule has 0 aliphatic rings. The summed E-state index contributed by atoms with van der Waals surface area (Å²) in [5.74, 6) is -0.810. The van der Waals surface area contributed by atoms with Gasteiger partial charge in [-0.1, -0.05) is 221 Å². The molecule has 0 aromatic heterocycles. The Morgan fingerprint density at radius 2 is 0.838 bits per heavy atom. The molecule has 2 atom stereocenters. The number of hydrogen-bond acceptors (Lipinski definition) is 7. The lowest BCUT2D eigenvalue weighted by atomic mass is 10.0. The van der Waals surface area contributed by atoms with Crippen LogP contribution in [0, 0.1) is 0 Å². The first kappa shape index (κ1) is 65.2. The van der Waals surface area contributed by atoms with Gasteiger partial charge in [0, 0.05) is 12.8 Å². The van der Waals surface area contributed by atoms with Crippen LogP contribution in [0.5, 0.6) is 0 Å². The first-order valence-electron chi connectivity index (χ1n) is 27.3. The number of ether oxygens (including phenoxy) is 2. The van der Waals surface area contributed by atoms with Crippen LogP contribution in [0.3, 0.4) is 0 Å². The molecule has 1 N–H and O–H groups in total. The number of hydrogen-bond donors (Lipinski definition) is 1. The van der Waals surface area contributed by atoms with Crippen molar-refractivity contribution in [2.24, 2.45) is 0 Å². The van der Waals surface area contributed by atoms with Crippen molar-refractivity contribution in [2.45, 2.75) is 225 Å². The Kier molecular flexibility index (Phi) is 47.2. The van der Waals surface area contributed by atoms with E-state index < -0.39 is 26.5 Å². The third-order valence-corrected chi connectivity index (χ3v) is 12.4. The Morgan fingerprint density at radius 3 is 1.25 bits per heavy atom. The quantitative estimate of drug-likeness (QED) is 0.0211. The van der Waals surface area contributed by atoms with Crippen molar-refractivity contribution in [1.82, 2.24) is 0 Å². The molecule has 0 fully saturated rings. The Bertz CT molecular complexity index is 1420. The van der Waals surface area contributed by atoms with Crippen molar-refractivity contribution in [2.75, 3.05) is 47.5 Å². The van der Waals surface area contributed by atoms with Crippen LogP contribution < -0.4 is 0 Å². The van der Waals surface area contributed by atoms with Crippen molar-refractivity contribution in [3.8, 4) is 0 Å². The van der Waals surface area contributed by atoms with Crippen molar-refractivity contribution < 1.29 is 42.1 Å². The highest BCUT2D eigenvalue weighted by atomic mass is 31.2. The van der Waals surface area contributed by atoms with Crippen LogP contribution in [-0.2, 0) is 32.7 Å². The topological polar surface area (TPSA) is 108 Å². The van der Waals surface area contributed by atoms with E-state index in [-0.39, 0.29) is 32.0 Å². The van der Waals surface area contributed by atoms with Crippen LogP contribution in [0.4, 0.5) is 0 Å². The van der Waals surface area contributed by atoms with Crippen molar-refractivity contribution in [3.05, 3.63) is 85.1 Å². The molecule has 0 amide bonds. The lowest BCUT2D eigenvalue weighted by Crippen LogP contribution is -2.37. The van der Waals surface area contributed by atoms with Gasteiger partial charge in [0.15, 0.2) is 6.10 Å². The van der Waals surface area contributed by atoms with Gasteiger partial charge in [-0.3, -0.25) is 18.6 Å². The van der Waals surface area contributed by atoms with E-state index in [9.17, 15) is 19.0 Å². The van der Waals surface area contributed by atoms with E-state index in [2.05, 4.69) is 98.9 Å². The van der Waals surface area contributed by atoms with E-state index in [1.165, 1.54) is 96.3 Å². The second kappa shape index (κ2) is 49.2. The number of rotatable bonds is 49. The molecule has 0 aliphatic heterocycles. The van der Waals surface area contributed by atoms with Gasteiger partial charge in [-0.25, -0.2) is 4.57 Å². The zero-order valence-corrected chi connectivity index (χ0v) is 45.2. The van der Waals surface area contributed by atoms with E-state index in [1.807, 2.05) is 21.1 Å². The Labute approximate surface area is 418 Å². The molecule has 0 aliphatic carbocycles. The standard InChI is InChI=1S/C58H102NO8P/c1-6-8-10-12-13-14-15-16-17-18-19-20-21-22-23-24-25-26-27-28-29-30-31-32-33-34-35-36-37-38-39-40-41-42-43-44-45-47-49-51-58(61)67-56(54-64-57(60)50-48-46-11-9-7-2)55-66-68(62,63)65-53-52-59(3,4)5/h8,10,13-14,16-17,19-20,22-23,25-26,28-29,56H,6-7,9,11-12,15,18,21,24,27,30-55H2,1-5H3/p+1/b10-8-,14-13-,17-16-,20-19-,23-22-,26-25-,29-28-. The molecule has 0 saturated carbocycles. The second-order valence-corrected chi connectivity index (χ2v) is 20.7. The lowest BCUT2D eigenvalue weighted by Gasteiger charge is -2.24. The molecule has 0 aromatic carbocycles. The number of phosphoric ester groups is 1. The van der Waals surface area contributed by atoms with Gasteiger partial charge in [0.05, 0.1) is 27.7 Å². The van der Waals surface area contributed by atoms with Crippen LogP contribution in [0.1, 0.15) is 219 Å². The molecule has 392 valence electrons. The molecule has 68 heavy (non-hydrogen) atoms. The number of carbonyl (C=O) groups is 2. The van der Waals surface area contributed by atoms with Crippen LogP contribution in [0.25, 0.3) is 0 Å². The van der Waals surface area contributed by atoms with Crippen molar-refractivity contribution >= 4 is 19.8 Å². The van der Waals surface area contributed by atoms with Gasteiger partial charge in [-0.05, 0) is 70.6 Å². The summed E-state index contributed by atoms with van der Waals surface area (Å²) >= 11 is 0. The molecular weight excluding hydrogens is 870 g/mol. The molecule has 0 heterocycles. The highest BCUT2D eigenvalue weighted by molar-refractivity contribution is 7.47. The maximum Gasteiger partial charge on any atom is 0.472 e. The van der Waals surface area contributed by atoms with E-state index in [0.29, 0.717) is 17.4 Å². The predicted molar refractivity (Wildman–Crippen MR) is 289 cm³/mol. The van der Waals surface area contributed by atoms with Gasteiger partial charge in [-0.15, -0.1) is 0 Å². The first-order chi connectivity index (χ1) is 33.0. The normalized spacial score (nSPS) is 14.0. The number of esters is 2. The molecule has 0 bridgehead atoms. The summed E-state index contributed by atoms with van der Waals surface area (Å²) in [6.45, 7) is 4.21.